The smallest absolute Gasteiger partial charge is 0.446 e. The molecule has 10 heteroatoms. The molecule has 1 heterocycles. The summed E-state index contributed by atoms with van der Waals surface area (Å²) in [5, 5.41) is 9.56. The average molecular weight is 477 g/mol. The predicted molar refractivity (Wildman–Crippen MR) is 110 cm³/mol. The summed E-state index contributed by atoms with van der Waals surface area (Å²) in [4.78, 5) is 11.5. The molecule has 0 amide bonds. The quantitative estimate of drug-likeness (QED) is 0.355. The van der Waals surface area contributed by atoms with Gasteiger partial charge in [0.25, 0.3) is 0 Å². The van der Waals surface area contributed by atoms with Crippen molar-refractivity contribution in [3.63, 3.8) is 0 Å². The molecular weight excluding hydrogens is 457 g/mol. The number of carboxylic acid groups (broad SMARTS) is 1. The van der Waals surface area contributed by atoms with Gasteiger partial charge in [-0.1, -0.05) is 18.5 Å². The highest BCUT2D eigenvalue weighted by molar-refractivity contribution is 8.00. The molecule has 1 N–H and O–H groups in total. The van der Waals surface area contributed by atoms with Crippen LogP contribution in [0.2, 0.25) is 5.02 Å². The Bertz CT molecular complexity index is 953. The van der Waals surface area contributed by atoms with Gasteiger partial charge in [-0.3, -0.25) is 0 Å². The summed E-state index contributed by atoms with van der Waals surface area (Å²) in [5.41, 5.74) is -4.83. The summed E-state index contributed by atoms with van der Waals surface area (Å²) in [6.45, 7) is 2.36. The van der Waals surface area contributed by atoms with Gasteiger partial charge in [-0.2, -0.15) is 13.2 Å². The predicted octanol–water partition coefficient (Wildman–Crippen LogP) is 5.97. The molecule has 0 aromatic heterocycles. The van der Waals surface area contributed by atoms with Crippen LogP contribution in [-0.2, 0) is 11.2 Å². The maximum atomic E-state index is 12.4. The lowest BCUT2D eigenvalue weighted by atomic mass is 9.94. The Kier molecular flexibility index (Phi) is 7.16. The first-order valence-electron chi connectivity index (χ1n) is 9.48. The zero-order valence-electron chi connectivity index (χ0n) is 16.5. The van der Waals surface area contributed by atoms with Gasteiger partial charge in [-0.15, -0.1) is 0 Å². The Morgan fingerprint density at radius 3 is 2.61 bits per heavy atom. The second-order valence-electron chi connectivity index (χ2n) is 6.89. The van der Waals surface area contributed by atoms with Crippen LogP contribution in [0.25, 0.3) is 0 Å². The zero-order valence-corrected chi connectivity index (χ0v) is 18.1. The largest absolute Gasteiger partial charge is 0.493 e. The van der Waals surface area contributed by atoms with Gasteiger partial charge in [0.2, 0.25) is 5.60 Å². The molecule has 0 bridgehead atoms. The lowest BCUT2D eigenvalue weighted by Gasteiger charge is -2.21. The number of carbonyl (C=O) groups is 1. The highest BCUT2D eigenvalue weighted by atomic mass is 35.5. The molecule has 0 spiro atoms. The van der Waals surface area contributed by atoms with Crippen molar-refractivity contribution in [3.8, 4) is 17.2 Å². The second-order valence-corrected chi connectivity index (χ2v) is 8.44. The van der Waals surface area contributed by atoms with Crippen molar-refractivity contribution < 1.29 is 37.3 Å². The number of aliphatic carboxylic acids is 1. The van der Waals surface area contributed by atoms with Gasteiger partial charge in [-0.05, 0) is 54.6 Å². The van der Waals surface area contributed by atoms with Crippen LogP contribution < -0.4 is 14.2 Å². The van der Waals surface area contributed by atoms with Gasteiger partial charge in [0, 0.05) is 23.3 Å². The molecule has 5 nitrogen and oxygen atoms in total. The molecular formula is C21H20ClF3O5S. The first-order chi connectivity index (χ1) is 14.6. The minimum atomic E-state index is -4.38. The Balaban J connectivity index is 1.46. The van der Waals surface area contributed by atoms with E-state index in [0.29, 0.717) is 36.7 Å². The summed E-state index contributed by atoms with van der Waals surface area (Å²) >= 11 is 5.75. The molecule has 0 saturated heterocycles. The summed E-state index contributed by atoms with van der Waals surface area (Å²) in [6, 6.07) is 9.09. The van der Waals surface area contributed by atoms with Crippen molar-refractivity contribution in [2.45, 2.75) is 42.2 Å². The Morgan fingerprint density at radius 1 is 1.23 bits per heavy atom. The number of carboxylic acids is 1. The highest BCUT2D eigenvalue weighted by Crippen LogP contribution is 2.40. The first kappa shape index (κ1) is 23.4. The van der Waals surface area contributed by atoms with E-state index in [1.54, 1.807) is 25.1 Å². The van der Waals surface area contributed by atoms with E-state index in [1.165, 1.54) is 18.2 Å². The third kappa shape index (κ3) is 5.92. The third-order valence-corrected chi connectivity index (χ3v) is 5.74. The maximum absolute atomic E-state index is 12.4. The van der Waals surface area contributed by atoms with Crippen LogP contribution in [-0.4, -0.2) is 35.4 Å². The number of ether oxygens (including phenoxy) is 3. The summed E-state index contributed by atoms with van der Waals surface area (Å²) in [6.07, 6.45) is 1.13. The minimum absolute atomic E-state index is 0.0104. The molecule has 0 saturated carbocycles. The SMILES string of the molecule is CCC1(C(=O)O)Cc2cc(OCCCOc3ccc(SC(F)(F)F)cc3Cl)ccc2O1. The number of halogens is 4. The van der Waals surface area contributed by atoms with Crippen LogP contribution in [0.3, 0.4) is 0 Å². The summed E-state index contributed by atoms with van der Waals surface area (Å²) in [5.74, 6) is 0.440. The third-order valence-electron chi connectivity index (χ3n) is 4.73. The number of thioether (sulfide) groups is 1. The van der Waals surface area contributed by atoms with Crippen LogP contribution in [0.1, 0.15) is 25.3 Å². The number of rotatable bonds is 9. The van der Waals surface area contributed by atoms with Crippen molar-refractivity contribution in [1.82, 2.24) is 0 Å². The van der Waals surface area contributed by atoms with Gasteiger partial charge in [-0.25, -0.2) is 4.79 Å². The molecule has 31 heavy (non-hydrogen) atoms. The number of hydrogen-bond donors (Lipinski definition) is 1. The van der Waals surface area contributed by atoms with E-state index >= 15 is 0 Å². The molecule has 0 aliphatic carbocycles. The van der Waals surface area contributed by atoms with Crippen molar-refractivity contribution in [3.05, 3.63) is 47.0 Å². The van der Waals surface area contributed by atoms with E-state index in [9.17, 15) is 23.1 Å². The van der Waals surface area contributed by atoms with Crippen molar-refractivity contribution in [2.75, 3.05) is 13.2 Å². The second kappa shape index (κ2) is 9.48. The van der Waals surface area contributed by atoms with E-state index in [4.69, 9.17) is 25.8 Å². The lowest BCUT2D eigenvalue weighted by Crippen LogP contribution is -2.42. The van der Waals surface area contributed by atoms with Gasteiger partial charge >= 0.3 is 11.5 Å². The van der Waals surface area contributed by atoms with Gasteiger partial charge in [0.1, 0.15) is 17.2 Å². The van der Waals surface area contributed by atoms with E-state index in [1.807, 2.05) is 0 Å². The fourth-order valence-corrected chi connectivity index (χ4v) is 4.01. The number of alkyl halides is 3. The molecule has 1 atom stereocenters. The molecule has 0 radical (unpaired) electrons. The molecule has 0 fully saturated rings. The first-order valence-corrected chi connectivity index (χ1v) is 10.7. The van der Waals surface area contributed by atoms with E-state index in [2.05, 4.69) is 0 Å². The summed E-state index contributed by atoms with van der Waals surface area (Å²) < 4.78 is 54.1. The fourth-order valence-electron chi connectivity index (χ4n) is 3.13. The van der Waals surface area contributed by atoms with E-state index < -0.39 is 17.1 Å². The number of benzene rings is 2. The highest BCUT2D eigenvalue weighted by Gasteiger charge is 2.45. The molecule has 1 unspecified atom stereocenters. The molecule has 2 aromatic rings. The molecule has 168 valence electrons. The molecule has 3 rings (SSSR count). The number of hydrogen-bond acceptors (Lipinski definition) is 5. The fraction of sp³-hybridized carbons (Fsp3) is 0.381. The monoisotopic (exact) mass is 476 g/mol. The van der Waals surface area contributed by atoms with Crippen LogP contribution in [0.4, 0.5) is 13.2 Å². The Labute approximate surface area is 186 Å². The summed E-state index contributed by atoms with van der Waals surface area (Å²) in [7, 11) is 0. The van der Waals surface area contributed by atoms with Crippen molar-refractivity contribution >= 4 is 29.3 Å². The van der Waals surface area contributed by atoms with Gasteiger partial charge < -0.3 is 19.3 Å². The molecule has 1 aliphatic heterocycles. The Hall–Kier alpha value is -2.26. The van der Waals surface area contributed by atoms with Crippen molar-refractivity contribution in [2.24, 2.45) is 0 Å². The van der Waals surface area contributed by atoms with Crippen LogP contribution >= 0.6 is 23.4 Å². The van der Waals surface area contributed by atoms with Crippen LogP contribution in [0.15, 0.2) is 41.3 Å². The number of fused-ring (bicyclic) bond motifs is 1. The molecule has 2 aromatic carbocycles. The maximum Gasteiger partial charge on any atom is 0.446 e. The van der Waals surface area contributed by atoms with E-state index in [-0.39, 0.29) is 34.7 Å². The standard InChI is InChI=1S/C21H20ClF3O5S/c1-2-20(19(26)27)12-13-10-14(4-6-17(13)30-20)28-8-3-9-29-18-7-5-15(11-16(18)22)31-21(23,24)25/h4-7,10-11H,2-3,8-9,12H2,1H3,(H,26,27). The van der Waals surface area contributed by atoms with Crippen LogP contribution in [0, 0.1) is 0 Å². The normalized spacial score (nSPS) is 17.7. The average Bonchev–Trinajstić information content (AvgIpc) is 3.07. The van der Waals surface area contributed by atoms with Gasteiger partial charge in [0.05, 0.1) is 18.2 Å². The van der Waals surface area contributed by atoms with E-state index in [0.717, 1.165) is 5.56 Å². The van der Waals surface area contributed by atoms with Crippen LogP contribution in [0.5, 0.6) is 17.2 Å². The lowest BCUT2D eigenvalue weighted by molar-refractivity contribution is -0.154. The minimum Gasteiger partial charge on any atom is -0.493 e. The zero-order chi connectivity index (χ0) is 22.6. The van der Waals surface area contributed by atoms with Crippen molar-refractivity contribution in [1.29, 1.82) is 0 Å². The topological polar surface area (TPSA) is 65.0 Å². The van der Waals surface area contributed by atoms with Gasteiger partial charge in [0.15, 0.2) is 0 Å². The molecule has 1 aliphatic rings. The Morgan fingerprint density at radius 2 is 1.97 bits per heavy atom.